The Morgan fingerprint density at radius 2 is 2.20 bits per heavy atom. The standard InChI is InChI=1S/C11H15NO3/c1-2-15-11(14)12-10(13)9-6-7-3-4-8(9)5-7/h3-4,7-9H,2,5-6H2,1H3,(H,12,13,14). The fraction of sp³-hybridized carbons (Fsp3) is 0.636. The van der Waals surface area contributed by atoms with Gasteiger partial charge >= 0.3 is 6.09 Å². The third-order valence-corrected chi connectivity index (χ3v) is 3.12. The van der Waals surface area contributed by atoms with Gasteiger partial charge in [-0.25, -0.2) is 4.79 Å². The van der Waals surface area contributed by atoms with E-state index >= 15 is 0 Å². The monoisotopic (exact) mass is 209 g/mol. The van der Waals surface area contributed by atoms with Crippen LogP contribution >= 0.6 is 0 Å². The minimum Gasteiger partial charge on any atom is -0.450 e. The molecule has 15 heavy (non-hydrogen) atoms. The van der Waals surface area contributed by atoms with Crippen molar-refractivity contribution in [3.05, 3.63) is 12.2 Å². The van der Waals surface area contributed by atoms with Crippen molar-refractivity contribution in [1.82, 2.24) is 5.32 Å². The molecule has 0 saturated heterocycles. The Bertz CT molecular complexity index is 311. The fourth-order valence-corrected chi connectivity index (χ4v) is 2.44. The number of ether oxygens (including phenoxy) is 1. The molecule has 2 aliphatic rings. The summed E-state index contributed by atoms with van der Waals surface area (Å²) in [5, 5.41) is 2.27. The van der Waals surface area contributed by atoms with Crippen LogP contribution in [0.2, 0.25) is 0 Å². The van der Waals surface area contributed by atoms with Crippen LogP contribution in [-0.4, -0.2) is 18.6 Å². The molecular formula is C11H15NO3. The summed E-state index contributed by atoms with van der Waals surface area (Å²) in [5.41, 5.74) is 0. The molecule has 2 bridgehead atoms. The van der Waals surface area contributed by atoms with Crippen LogP contribution in [0.15, 0.2) is 12.2 Å². The van der Waals surface area contributed by atoms with E-state index in [0.29, 0.717) is 11.8 Å². The highest BCUT2D eigenvalue weighted by atomic mass is 16.5. The van der Waals surface area contributed by atoms with Crippen LogP contribution in [0, 0.1) is 17.8 Å². The SMILES string of the molecule is CCOC(=O)NC(=O)C1CC2C=CC1C2. The second-order valence-corrected chi connectivity index (χ2v) is 4.10. The van der Waals surface area contributed by atoms with Gasteiger partial charge in [0.1, 0.15) is 0 Å². The van der Waals surface area contributed by atoms with E-state index < -0.39 is 6.09 Å². The largest absolute Gasteiger partial charge is 0.450 e. The Labute approximate surface area is 88.7 Å². The number of imide groups is 1. The summed E-state index contributed by atoms with van der Waals surface area (Å²) in [7, 11) is 0. The van der Waals surface area contributed by atoms with Crippen molar-refractivity contribution in [2.45, 2.75) is 19.8 Å². The van der Waals surface area contributed by atoms with Crippen LogP contribution in [0.1, 0.15) is 19.8 Å². The van der Waals surface area contributed by atoms with Crippen molar-refractivity contribution in [2.24, 2.45) is 17.8 Å². The highest BCUT2D eigenvalue weighted by Gasteiger charge is 2.40. The Morgan fingerprint density at radius 3 is 2.73 bits per heavy atom. The molecule has 0 aromatic rings. The number of rotatable bonds is 2. The van der Waals surface area contributed by atoms with Gasteiger partial charge in [-0.05, 0) is 31.6 Å². The molecule has 1 N–H and O–H groups in total. The zero-order chi connectivity index (χ0) is 10.8. The van der Waals surface area contributed by atoms with E-state index in [9.17, 15) is 9.59 Å². The summed E-state index contributed by atoms with van der Waals surface area (Å²) in [6.45, 7) is 2.00. The first kappa shape index (κ1) is 10.2. The van der Waals surface area contributed by atoms with Crippen LogP contribution in [0.4, 0.5) is 4.79 Å². The molecule has 4 nitrogen and oxygen atoms in total. The Hall–Kier alpha value is -1.32. The van der Waals surface area contributed by atoms with E-state index in [1.807, 2.05) is 0 Å². The van der Waals surface area contributed by atoms with E-state index in [1.54, 1.807) is 6.92 Å². The lowest BCUT2D eigenvalue weighted by molar-refractivity contribution is -0.125. The van der Waals surface area contributed by atoms with Gasteiger partial charge in [0, 0.05) is 5.92 Å². The van der Waals surface area contributed by atoms with Gasteiger partial charge < -0.3 is 4.74 Å². The Morgan fingerprint density at radius 1 is 1.40 bits per heavy atom. The molecule has 0 radical (unpaired) electrons. The first-order chi connectivity index (χ1) is 7.20. The lowest BCUT2D eigenvalue weighted by Gasteiger charge is -2.16. The molecule has 2 amide bonds. The van der Waals surface area contributed by atoms with Gasteiger partial charge in [-0.2, -0.15) is 0 Å². The third kappa shape index (κ3) is 2.03. The highest BCUT2D eigenvalue weighted by Crippen LogP contribution is 2.43. The topological polar surface area (TPSA) is 55.4 Å². The smallest absolute Gasteiger partial charge is 0.413 e. The number of alkyl carbamates (subject to hydrolysis) is 1. The predicted molar refractivity (Wildman–Crippen MR) is 54.0 cm³/mol. The van der Waals surface area contributed by atoms with Gasteiger partial charge in [0.05, 0.1) is 6.61 Å². The quantitative estimate of drug-likeness (QED) is 0.701. The van der Waals surface area contributed by atoms with Crippen LogP contribution < -0.4 is 5.32 Å². The second kappa shape index (κ2) is 4.04. The first-order valence-corrected chi connectivity index (χ1v) is 5.36. The lowest BCUT2D eigenvalue weighted by atomic mass is 9.93. The Balaban J connectivity index is 1.87. The average Bonchev–Trinajstić information content (AvgIpc) is 2.78. The van der Waals surface area contributed by atoms with Crippen molar-refractivity contribution in [3.63, 3.8) is 0 Å². The van der Waals surface area contributed by atoms with Crippen molar-refractivity contribution >= 4 is 12.0 Å². The number of hydrogen-bond acceptors (Lipinski definition) is 3. The Kier molecular flexibility index (Phi) is 2.75. The number of amides is 2. The molecule has 1 saturated carbocycles. The number of carbonyl (C=O) groups is 2. The van der Waals surface area contributed by atoms with E-state index in [0.717, 1.165) is 12.8 Å². The van der Waals surface area contributed by atoms with Crippen molar-refractivity contribution in [3.8, 4) is 0 Å². The van der Waals surface area contributed by atoms with Gasteiger partial charge in [0.15, 0.2) is 0 Å². The molecule has 1 fully saturated rings. The van der Waals surface area contributed by atoms with Crippen LogP contribution in [0.25, 0.3) is 0 Å². The summed E-state index contributed by atoms with van der Waals surface area (Å²) in [5.74, 6) is 0.632. The van der Waals surface area contributed by atoms with Crippen LogP contribution in [-0.2, 0) is 9.53 Å². The molecule has 0 aromatic heterocycles. The molecule has 4 heteroatoms. The maximum Gasteiger partial charge on any atom is 0.413 e. The molecule has 82 valence electrons. The third-order valence-electron chi connectivity index (χ3n) is 3.12. The summed E-state index contributed by atoms with van der Waals surface area (Å²) < 4.78 is 4.66. The van der Waals surface area contributed by atoms with Crippen molar-refractivity contribution in [1.29, 1.82) is 0 Å². The summed E-state index contributed by atoms with van der Waals surface area (Å²) in [6, 6.07) is 0. The predicted octanol–water partition coefficient (Wildman–Crippen LogP) is 1.47. The van der Waals surface area contributed by atoms with Gasteiger partial charge in [-0.1, -0.05) is 12.2 Å². The zero-order valence-electron chi connectivity index (χ0n) is 8.73. The molecule has 0 heterocycles. The maximum atomic E-state index is 11.7. The summed E-state index contributed by atoms with van der Waals surface area (Å²) in [6.07, 6.45) is 5.55. The molecule has 2 rings (SSSR count). The van der Waals surface area contributed by atoms with Gasteiger partial charge in [-0.15, -0.1) is 0 Å². The van der Waals surface area contributed by atoms with E-state index in [1.165, 1.54) is 0 Å². The second-order valence-electron chi connectivity index (χ2n) is 4.10. The number of hydrogen-bond donors (Lipinski definition) is 1. The summed E-state index contributed by atoms with van der Waals surface area (Å²) >= 11 is 0. The normalized spacial score (nSPS) is 31.7. The molecule has 0 aliphatic heterocycles. The first-order valence-electron chi connectivity index (χ1n) is 5.36. The number of carbonyl (C=O) groups excluding carboxylic acids is 2. The molecule has 3 atom stereocenters. The van der Waals surface area contributed by atoms with Crippen LogP contribution in [0.3, 0.4) is 0 Å². The van der Waals surface area contributed by atoms with Gasteiger partial charge in [0.25, 0.3) is 0 Å². The van der Waals surface area contributed by atoms with Gasteiger partial charge in [-0.3, -0.25) is 10.1 Å². The van der Waals surface area contributed by atoms with Crippen molar-refractivity contribution in [2.75, 3.05) is 6.61 Å². The van der Waals surface area contributed by atoms with Gasteiger partial charge in [0.2, 0.25) is 5.91 Å². The lowest BCUT2D eigenvalue weighted by Crippen LogP contribution is -2.37. The molecule has 0 spiro atoms. The highest BCUT2D eigenvalue weighted by molar-refractivity contribution is 5.93. The molecule has 3 unspecified atom stereocenters. The van der Waals surface area contributed by atoms with E-state index in [4.69, 9.17) is 0 Å². The van der Waals surface area contributed by atoms with Crippen LogP contribution in [0.5, 0.6) is 0 Å². The summed E-state index contributed by atoms with van der Waals surface area (Å²) in [4.78, 5) is 22.7. The minimum absolute atomic E-state index is 0.0376. The minimum atomic E-state index is -0.630. The number of nitrogens with one attached hydrogen (secondary N) is 1. The average molecular weight is 209 g/mol. The molecule has 2 aliphatic carbocycles. The molecule has 0 aromatic carbocycles. The number of allylic oxidation sites excluding steroid dienone is 2. The fourth-order valence-electron chi connectivity index (χ4n) is 2.44. The van der Waals surface area contributed by atoms with Crippen molar-refractivity contribution < 1.29 is 14.3 Å². The molecular weight excluding hydrogens is 194 g/mol. The van der Waals surface area contributed by atoms with E-state index in [2.05, 4.69) is 22.2 Å². The zero-order valence-corrected chi connectivity index (χ0v) is 8.73. The van der Waals surface area contributed by atoms with E-state index in [-0.39, 0.29) is 18.4 Å². The maximum absolute atomic E-state index is 11.7. The number of fused-ring (bicyclic) bond motifs is 2.